The number of aromatic nitrogens is 6. The minimum atomic E-state index is -0.363. The number of rotatable bonds is 4. The highest BCUT2D eigenvalue weighted by Gasteiger charge is 2.21. The second-order valence-electron chi connectivity index (χ2n) is 8.21. The predicted octanol–water partition coefficient (Wildman–Crippen LogP) is 3.53. The standard InChI is InChI=1S/C24H20N6O2S/c31-23-20-18-7-3-4-8-19(18)33-22(20)25-24(32)30(23)13-14-9-11-15(12-10-14)16-5-1-2-6-17(16)21-26-28-29-27-21/h1-2,5-6,9-12H,3-4,7-8,13H2,(H,25,32)(H,26,27,28,29). The molecule has 6 rings (SSSR count). The molecule has 5 aromatic rings. The first-order valence-corrected chi connectivity index (χ1v) is 11.7. The number of tetrazole rings is 1. The lowest BCUT2D eigenvalue weighted by Crippen LogP contribution is -2.35. The highest BCUT2D eigenvalue weighted by molar-refractivity contribution is 7.18. The van der Waals surface area contributed by atoms with E-state index in [2.05, 4.69) is 25.6 Å². The van der Waals surface area contributed by atoms with E-state index in [-0.39, 0.29) is 17.8 Å². The maximum absolute atomic E-state index is 13.3. The minimum Gasteiger partial charge on any atom is -0.298 e. The van der Waals surface area contributed by atoms with Gasteiger partial charge >= 0.3 is 5.69 Å². The Hall–Kier alpha value is -3.85. The van der Waals surface area contributed by atoms with Crippen molar-refractivity contribution >= 4 is 21.6 Å². The Labute approximate surface area is 191 Å². The molecule has 0 radical (unpaired) electrons. The Morgan fingerprint density at radius 3 is 2.55 bits per heavy atom. The van der Waals surface area contributed by atoms with Crippen LogP contribution in [0.1, 0.15) is 28.8 Å². The quantitative estimate of drug-likeness (QED) is 0.430. The van der Waals surface area contributed by atoms with Crippen molar-refractivity contribution in [3.63, 3.8) is 0 Å². The first kappa shape index (κ1) is 19.8. The van der Waals surface area contributed by atoms with E-state index in [9.17, 15) is 9.59 Å². The maximum Gasteiger partial charge on any atom is 0.329 e. The van der Waals surface area contributed by atoms with Crippen LogP contribution in [0.4, 0.5) is 0 Å². The molecule has 164 valence electrons. The molecule has 1 aliphatic carbocycles. The second-order valence-corrected chi connectivity index (χ2v) is 9.32. The Morgan fingerprint density at radius 2 is 1.76 bits per heavy atom. The van der Waals surface area contributed by atoms with Crippen LogP contribution in [0.25, 0.3) is 32.7 Å². The van der Waals surface area contributed by atoms with Gasteiger partial charge in [0, 0.05) is 10.4 Å². The number of nitrogens with zero attached hydrogens (tertiary/aromatic N) is 4. The molecule has 8 nitrogen and oxygen atoms in total. The number of H-pyrrole nitrogens is 2. The van der Waals surface area contributed by atoms with Crippen molar-refractivity contribution in [2.24, 2.45) is 0 Å². The third-order valence-electron chi connectivity index (χ3n) is 6.21. The van der Waals surface area contributed by atoms with Gasteiger partial charge in [-0.15, -0.1) is 21.5 Å². The van der Waals surface area contributed by atoms with Gasteiger partial charge in [0.2, 0.25) is 5.82 Å². The molecular weight excluding hydrogens is 436 g/mol. The van der Waals surface area contributed by atoms with Crippen molar-refractivity contribution < 1.29 is 0 Å². The van der Waals surface area contributed by atoms with Gasteiger partial charge in [0.05, 0.1) is 11.9 Å². The molecule has 2 aromatic carbocycles. The summed E-state index contributed by atoms with van der Waals surface area (Å²) in [6.45, 7) is 0.224. The van der Waals surface area contributed by atoms with Crippen LogP contribution < -0.4 is 11.2 Å². The summed E-state index contributed by atoms with van der Waals surface area (Å²) in [6, 6.07) is 15.7. The van der Waals surface area contributed by atoms with E-state index in [1.54, 1.807) is 11.3 Å². The normalized spacial score (nSPS) is 13.3. The fourth-order valence-electron chi connectivity index (χ4n) is 4.59. The van der Waals surface area contributed by atoms with Crippen molar-refractivity contribution in [3.05, 3.63) is 85.4 Å². The monoisotopic (exact) mass is 456 g/mol. The Morgan fingerprint density at radius 1 is 0.970 bits per heavy atom. The summed E-state index contributed by atoms with van der Waals surface area (Å²) in [4.78, 5) is 30.9. The third-order valence-corrected chi connectivity index (χ3v) is 7.42. The fraction of sp³-hybridized carbons (Fsp3) is 0.208. The largest absolute Gasteiger partial charge is 0.329 e. The van der Waals surface area contributed by atoms with Crippen molar-refractivity contribution in [1.29, 1.82) is 0 Å². The molecule has 0 spiro atoms. The lowest BCUT2D eigenvalue weighted by atomic mass is 9.97. The molecule has 1 aliphatic rings. The van der Waals surface area contributed by atoms with Crippen molar-refractivity contribution in [2.75, 3.05) is 0 Å². The molecule has 2 N–H and O–H groups in total. The van der Waals surface area contributed by atoms with Crippen LogP contribution >= 0.6 is 11.3 Å². The van der Waals surface area contributed by atoms with Gasteiger partial charge in [0.25, 0.3) is 5.56 Å². The van der Waals surface area contributed by atoms with Crippen LogP contribution in [0.2, 0.25) is 0 Å². The lowest BCUT2D eigenvalue weighted by molar-refractivity contribution is 0.692. The van der Waals surface area contributed by atoms with Crippen LogP contribution in [-0.2, 0) is 19.4 Å². The highest BCUT2D eigenvalue weighted by Crippen LogP contribution is 2.33. The molecular formula is C24H20N6O2S. The Balaban J connectivity index is 1.36. The van der Waals surface area contributed by atoms with E-state index in [1.807, 2.05) is 48.5 Å². The molecule has 3 heterocycles. The van der Waals surface area contributed by atoms with Gasteiger partial charge in [-0.05, 0) is 53.2 Å². The summed E-state index contributed by atoms with van der Waals surface area (Å²) >= 11 is 1.56. The zero-order chi connectivity index (χ0) is 22.4. The van der Waals surface area contributed by atoms with E-state index >= 15 is 0 Å². The van der Waals surface area contributed by atoms with E-state index < -0.39 is 0 Å². The van der Waals surface area contributed by atoms with E-state index in [4.69, 9.17) is 0 Å². The van der Waals surface area contributed by atoms with Crippen LogP contribution in [-0.4, -0.2) is 30.2 Å². The van der Waals surface area contributed by atoms with E-state index in [1.165, 1.54) is 9.44 Å². The zero-order valence-corrected chi connectivity index (χ0v) is 18.5. The number of aromatic amines is 2. The Bertz CT molecular complexity index is 1580. The second kappa shape index (κ2) is 7.93. The molecule has 0 bridgehead atoms. The number of hydrogen-bond acceptors (Lipinski definition) is 6. The molecule has 0 aliphatic heterocycles. The summed E-state index contributed by atoms with van der Waals surface area (Å²) in [5, 5.41) is 15.0. The van der Waals surface area contributed by atoms with E-state index in [0.29, 0.717) is 16.0 Å². The average molecular weight is 457 g/mol. The van der Waals surface area contributed by atoms with Gasteiger partial charge in [-0.25, -0.2) is 4.79 Å². The smallest absolute Gasteiger partial charge is 0.298 e. The maximum atomic E-state index is 13.3. The first-order chi connectivity index (χ1) is 16.2. The van der Waals surface area contributed by atoms with Crippen molar-refractivity contribution in [3.8, 4) is 22.5 Å². The van der Waals surface area contributed by atoms with Crippen LogP contribution in [0, 0.1) is 0 Å². The van der Waals surface area contributed by atoms with Gasteiger partial charge in [0.15, 0.2) is 0 Å². The topological polar surface area (TPSA) is 109 Å². The first-order valence-electron chi connectivity index (χ1n) is 10.9. The zero-order valence-electron chi connectivity index (χ0n) is 17.7. The number of fused-ring (bicyclic) bond motifs is 3. The molecule has 0 fully saturated rings. The average Bonchev–Trinajstić information content (AvgIpc) is 3.50. The summed E-state index contributed by atoms with van der Waals surface area (Å²) in [5.74, 6) is 0.528. The number of aryl methyl sites for hydroxylation is 2. The van der Waals surface area contributed by atoms with Gasteiger partial charge in [-0.2, -0.15) is 5.21 Å². The van der Waals surface area contributed by atoms with Crippen LogP contribution in [0.5, 0.6) is 0 Å². The third kappa shape index (κ3) is 3.41. The highest BCUT2D eigenvalue weighted by atomic mass is 32.1. The molecule has 33 heavy (non-hydrogen) atoms. The SMILES string of the molecule is O=c1[nH]c2sc3c(c2c(=O)n1Cc1ccc(-c2ccccc2-c2nn[nH]n2)cc1)CCCC3. The van der Waals surface area contributed by atoms with Crippen molar-refractivity contribution in [2.45, 2.75) is 32.2 Å². The van der Waals surface area contributed by atoms with Gasteiger partial charge < -0.3 is 0 Å². The summed E-state index contributed by atoms with van der Waals surface area (Å²) < 4.78 is 1.31. The Kier molecular flexibility index (Phi) is 4.76. The fourth-order valence-corrected chi connectivity index (χ4v) is 5.86. The number of thiophene rings is 1. The summed E-state index contributed by atoms with van der Waals surface area (Å²) in [6.07, 6.45) is 4.12. The van der Waals surface area contributed by atoms with Crippen LogP contribution in [0.3, 0.4) is 0 Å². The van der Waals surface area contributed by atoms with Gasteiger partial charge in [-0.1, -0.05) is 48.5 Å². The van der Waals surface area contributed by atoms with Gasteiger partial charge in [-0.3, -0.25) is 14.3 Å². The van der Waals surface area contributed by atoms with Crippen molar-refractivity contribution in [1.82, 2.24) is 30.2 Å². The predicted molar refractivity (Wildman–Crippen MR) is 127 cm³/mol. The number of benzene rings is 2. The number of hydrogen-bond donors (Lipinski definition) is 2. The van der Waals surface area contributed by atoms with Gasteiger partial charge in [0.1, 0.15) is 4.83 Å². The summed E-state index contributed by atoms with van der Waals surface area (Å²) in [5.41, 5.74) is 4.29. The molecule has 0 saturated carbocycles. The van der Waals surface area contributed by atoms with Crippen LogP contribution in [0.15, 0.2) is 58.1 Å². The molecule has 0 amide bonds. The molecule has 0 atom stereocenters. The molecule has 0 unspecified atom stereocenters. The molecule has 9 heteroatoms. The van der Waals surface area contributed by atoms with E-state index in [0.717, 1.165) is 53.5 Å². The lowest BCUT2D eigenvalue weighted by Gasteiger charge is -2.11. The minimum absolute atomic E-state index is 0.195. The summed E-state index contributed by atoms with van der Waals surface area (Å²) in [7, 11) is 0. The molecule has 3 aromatic heterocycles. The molecule has 0 saturated heterocycles. The number of nitrogens with one attached hydrogen (secondary N) is 2.